The third-order valence-corrected chi connectivity index (χ3v) is 5.75. The highest BCUT2D eigenvalue weighted by Gasteiger charge is 2.35. The van der Waals surface area contributed by atoms with E-state index in [-0.39, 0.29) is 17.7 Å². The topological polar surface area (TPSA) is 79.6 Å². The summed E-state index contributed by atoms with van der Waals surface area (Å²) in [5.41, 5.74) is 1.78. The van der Waals surface area contributed by atoms with Gasteiger partial charge in [0.05, 0.1) is 40.8 Å². The number of ether oxygens (including phenoxy) is 2. The van der Waals surface area contributed by atoms with Gasteiger partial charge in [0.1, 0.15) is 0 Å². The molecule has 1 aliphatic rings. The zero-order valence-corrected chi connectivity index (χ0v) is 18.9. The first kappa shape index (κ1) is 21.9. The second-order valence-corrected chi connectivity index (χ2v) is 8.08. The van der Waals surface area contributed by atoms with Crippen molar-refractivity contribution in [3.05, 3.63) is 62.5 Å². The van der Waals surface area contributed by atoms with Gasteiger partial charge in [-0.05, 0) is 76.9 Å². The van der Waals surface area contributed by atoms with Gasteiger partial charge in [-0.1, -0.05) is 18.2 Å². The Balaban J connectivity index is 1.89. The number of carbonyl (C=O) groups is 2. The zero-order chi connectivity index (χ0) is 21.7. The Morgan fingerprint density at radius 3 is 2.60 bits per heavy atom. The van der Waals surface area contributed by atoms with E-state index in [0.29, 0.717) is 50.8 Å². The maximum absolute atomic E-state index is 12.9. The number of halogens is 1. The molecule has 154 valence electrons. The number of nitriles is 1. The average Bonchev–Trinajstić information content (AvgIpc) is 2.98. The van der Waals surface area contributed by atoms with Crippen LogP contribution < -0.4 is 9.47 Å². The Bertz CT molecular complexity index is 1060. The van der Waals surface area contributed by atoms with Crippen LogP contribution >= 0.6 is 27.7 Å². The lowest BCUT2D eigenvalue weighted by Crippen LogP contribution is -2.27. The molecule has 0 spiro atoms. The van der Waals surface area contributed by atoms with E-state index in [9.17, 15) is 14.9 Å². The van der Waals surface area contributed by atoms with Gasteiger partial charge in [-0.3, -0.25) is 14.5 Å². The van der Waals surface area contributed by atoms with Gasteiger partial charge in [-0.15, -0.1) is 0 Å². The number of hydrogen-bond acceptors (Lipinski definition) is 6. The molecule has 0 bridgehead atoms. The number of imide groups is 1. The van der Waals surface area contributed by atoms with Gasteiger partial charge in [0.15, 0.2) is 11.5 Å². The SMILES string of the molecule is CCOc1cc(/C=C2/SC(=O)N(Cc3ccccc3C#N)C2=O)cc(Br)c1OCC. The third kappa shape index (κ3) is 4.69. The molecule has 0 aromatic heterocycles. The summed E-state index contributed by atoms with van der Waals surface area (Å²) in [6, 6.07) is 12.6. The number of benzene rings is 2. The van der Waals surface area contributed by atoms with Crippen molar-refractivity contribution in [2.24, 2.45) is 0 Å². The summed E-state index contributed by atoms with van der Waals surface area (Å²) in [5.74, 6) is 0.764. The lowest BCUT2D eigenvalue weighted by atomic mass is 10.1. The van der Waals surface area contributed by atoms with Crippen molar-refractivity contribution in [2.45, 2.75) is 20.4 Å². The van der Waals surface area contributed by atoms with Crippen molar-refractivity contribution in [3.63, 3.8) is 0 Å². The van der Waals surface area contributed by atoms with Crippen LogP contribution in [-0.4, -0.2) is 29.3 Å². The molecule has 1 aliphatic heterocycles. The average molecular weight is 487 g/mol. The molecule has 0 aliphatic carbocycles. The maximum atomic E-state index is 12.9. The van der Waals surface area contributed by atoms with E-state index in [2.05, 4.69) is 22.0 Å². The van der Waals surface area contributed by atoms with E-state index in [1.807, 2.05) is 19.9 Å². The number of nitrogens with zero attached hydrogens (tertiary/aromatic N) is 2. The van der Waals surface area contributed by atoms with Crippen LogP contribution in [0.25, 0.3) is 6.08 Å². The summed E-state index contributed by atoms with van der Waals surface area (Å²) in [6.07, 6.45) is 1.66. The van der Waals surface area contributed by atoms with Gasteiger partial charge in [0, 0.05) is 0 Å². The van der Waals surface area contributed by atoms with Gasteiger partial charge in [-0.2, -0.15) is 5.26 Å². The van der Waals surface area contributed by atoms with E-state index >= 15 is 0 Å². The minimum Gasteiger partial charge on any atom is -0.490 e. The molecule has 1 saturated heterocycles. The standard InChI is InChI=1S/C22H19BrN2O4S/c1-3-28-18-10-14(9-17(23)20(18)29-4-2)11-19-21(26)25(22(27)30-19)13-16-8-6-5-7-15(16)12-24/h5-11H,3-4,13H2,1-2H3/b19-11+. The maximum Gasteiger partial charge on any atom is 0.293 e. The molecular weight excluding hydrogens is 468 g/mol. The molecule has 2 amide bonds. The molecule has 2 aromatic carbocycles. The van der Waals surface area contributed by atoms with E-state index in [4.69, 9.17) is 9.47 Å². The lowest BCUT2D eigenvalue weighted by Gasteiger charge is -2.14. The first-order valence-electron chi connectivity index (χ1n) is 9.31. The summed E-state index contributed by atoms with van der Waals surface area (Å²) < 4.78 is 12.0. The van der Waals surface area contributed by atoms with Crippen LogP contribution in [0.15, 0.2) is 45.8 Å². The highest BCUT2D eigenvalue weighted by molar-refractivity contribution is 9.10. The molecule has 0 radical (unpaired) electrons. The minimum absolute atomic E-state index is 0.0584. The van der Waals surface area contributed by atoms with Gasteiger partial charge < -0.3 is 9.47 Å². The summed E-state index contributed by atoms with van der Waals surface area (Å²) in [5, 5.41) is 8.88. The van der Waals surface area contributed by atoms with Crippen LogP contribution in [0.1, 0.15) is 30.5 Å². The number of thioether (sulfide) groups is 1. The largest absolute Gasteiger partial charge is 0.490 e. The number of carbonyl (C=O) groups excluding carboxylic acids is 2. The zero-order valence-electron chi connectivity index (χ0n) is 16.5. The fourth-order valence-electron chi connectivity index (χ4n) is 2.94. The second kappa shape index (κ2) is 9.83. The smallest absolute Gasteiger partial charge is 0.293 e. The Hall–Kier alpha value is -2.76. The van der Waals surface area contributed by atoms with E-state index in [0.717, 1.165) is 16.7 Å². The van der Waals surface area contributed by atoms with Crippen LogP contribution in [0, 0.1) is 11.3 Å². The molecular formula is C22H19BrN2O4S. The Morgan fingerprint density at radius 1 is 1.17 bits per heavy atom. The van der Waals surface area contributed by atoms with Crippen LogP contribution in [-0.2, 0) is 11.3 Å². The first-order valence-corrected chi connectivity index (χ1v) is 10.9. The molecule has 1 fully saturated rings. The Kier molecular flexibility index (Phi) is 7.19. The molecule has 6 nitrogen and oxygen atoms in total. The van der Waals surface area contributed by atoms with Crippen molar-refractivity contribution >= 4 is 44.9 Å². The van der Waals surface area contributed by atoms with E-state index < -0.39 is 0 Å². The predicted molar refractivity (Wildman–Crippen MR) is 119 cm³/mol. The summed E-state index contributed by atoms with van der Waals surface area (Å²) in [7, 11) is 0. The van der Waals surface area contributed by atoms with Gasteiger partial charge >= 0.3 is 0 Å². The summed E-state index contributed by atoms with van der Waals surface area (Å²) >= 11 is 4.36. The molecule has 1 heterocycles. The molecule has 2 aromatic rings. The predicted octanol–water partition coefficient (Wildman–Crippen LogP) is 5.35. The van der Waals surface area contributed by atoms with Gasteiger partial charge in [-0.25, -0.2) is 0 Å². The molecule has 0 N–H and O–H groups in total. The molecule has 0 atom stereocenters. The normalized spacial score (nSPS) is 14.9. The van der Waals surface area contributed by atoms with Gasteiger partial charge in [0.2, 0.25) is 0 Å². The number of rotatable bonds is 7. The van der Waals surface area contributed by atoms with Crippen LogP contribution in [0.4, 0.5) is 4.79 Å². The third-order valence-electron chi connectivity index (χ3n) is 4.26. The van der Waals surface area contributed by atoms with Gasteiger partial charge in [0.25, 0.3) is 11.1 Å². The van der Waals surface area contributed by atoms with E-state index in [1.54, 1.807) is 36.4 Å². The number of amides is 2. The monoisotopic (exact) mass is 486 g/mol. The minimum atomic E-state index is -0.388. The summed E-state index contributed by atoms with van der Waals surface area (Å²) in [4.78, 5) is 26.8. The van der Waals surface area contributed by atoms with Crippen molar-refractivity contribution < 1.29 is 19.1 Å². The second-order valence-electron chi connectivity index (χ2n) is 6.23. The van der Waals surface area contributed by atoms with Crippen molar-refractivity contribution in [2.75, 3.05) is 13.2 Å². The highest BCUT2D eigenvalue weighted by Crippen LogP contribution is 2.39. The lowest BCUT2D eigenvalue weighted by molar-refractivity contribution is -0.123. The molecule has 8 heteroatoms. The van der Waals surface area contributed by atoms with Crippen LogP contribution in [0.2, 0.25) is 0 Å². The summed E-state index contributed by atoms with van der Waals surface area (Å²) in [6.45, 7) is 4.77. The molecule has 0 saturated carbocycles. The van der Waals surface area contributed by atoms with Crippen molar-refractivity contribution in [1.29, 1.82) is 5.26 Å². The first-order chi connectivity index (χ1) is 14.5. The van der Waals surface area contributed by atoms with Crippen molar-refractivity contribution in [1.82, 2.24) is 4.90 Å². The Labute approximate surface area is 187 Å². The quantitative estimate of drug-likeness (QED) is 0.490. The van der Waals surface area contributed by atoms with Crippen LogP contribution in [0.5, 0.6) is 11.5 Å². The van der Waals surface area contributed by atoms with Crippen molar-refractivity contribution in [3.8, 4) is 17.6 Å². The Morgan fingerprint density at radius 2 is 1.90 bits per heavy atom. The van der Waals surface area contributed by atoms with Crippen LogP contribution in [0.3, 0.4) is 0 Å². The fraction of sp³-hybridized carbons (Fsp3) is 0.227. The highest BCUT2D eigenvalue weighted by atomic mass is 79.9. The molecule has 3 rings (SSSR count). The van der Waals surface area contributed by atoms with E-state index in [1.165, 1.54) is 0 Å². The number of hydrogen-bond donors (Lipinski definition) is 0. The fourth-order valence-corrected chi connectivity index (χ4v) is 4.36. The molecule has 0 unspecified atom stereocenters. The molecule has 30 heavy (non-hydrogen) atoms.